The van der Waals surface area contributed by atoms with E-state index in [2.05, 4.69) is 10.3 Å². The molecule has 0 bridgehead atoms. The summed E-state index contributed by atoms with van der Waals surface area (Å²) in [5.74, 6) is -0.107. The molecule has 0 radical (unpaired) electrons. The third-order valence-corrected chi connectivity index (χ3v) is 3.24. The average Bonchev–Trinajstić information content (AvgIpc) is 2.90. The molecular formula is C15H15N5O. The van der Waals surface area contributed by atoms with Gasteiger partial charge in [0.25, 0.3) is 5.91 Å². The van der Waals surface area contributed by atoms with Crippen LogP contribution >= 0.6 is 0 Å². The lowest BCUT2D eigenvalue weighted by molar-refractivity contribution is 0.0827. The highest BCUT2D eigenvalue weighted by atomic mass is 16.2. The number of fused-ring (bicyclic) bond motifs is 1. The lowest BCUT2D eigenvalue weighted by Crippen LogP contribution is -2.23. The highest BCUT2D eigenvalue weighted by Crippen LogP contribution is 2.22. The van der Waals surface area contributed by atoms with Gasteiger partial charge < -0.3 is 10.6 Å². The van der Waals surface area contributed by atoms with Crippen molar-refractivity contribution in [1.82, 2.24) is 19.9 Å². The second kappa shape index (κ2) is 4.90. The molecule has 3 aromatic rings. The van der Waals surface area contributed by atoms with Crippen LogP contribution in [0.15, 0.2) is 42.5 Å². The molecule has 2 N–H and O–H groups in total. The topological polar surface area (TPSA) is 77.0 Å². The summed E-state index contributed by atoms with van der Waals surface area (Å²) in [6, 6.07) is 12.7. The van der Waals surface area contributed by atoms with Gasteiger partial charge in [0.05, 0.1) is 16.8 Å². The van der Waals surface area contributed by atoms with Crippen LogP contribution in [0.3, 0.4) is 0 Å². The van der Waals surface area contributed by atoms with Crippen molar-refractivity contribution in [2.45, 2.75) is 0 Å². The third-order valence-electron chi connectivity index (χ3n) is 3.24. The van der Waals surface area contributed by atoms with Crippen LogP contribution in [-0.2, 0) is 0 Å². The van der Waals surface area contributed by atoms with Gasteiger partial charge in [0.2, 0.25) is 0 Å². The molecule has 0 aliphatic carbocycles. The second-order valence-electron chi connectivity index (χ2n) is 4.97. The van der Waals surface area contributed by atoms with Gasteiger partial charge in [0.15, 0.2) is 0 Å². The minimum absolute atomic E-state index is 0.107. The van der Waals surface area contributed by atoms with Crippen LogP contribution in [0.25, 0.3) is 16.7 Å². The number of aromatic nitrogens is 3. The number of hydrogen-bond donors (Lipinski definition) is 1. The van der Waals surface area contributed by atoms with Crippen molar-refractivity contribution in [3.05, 3.63) is 48.0 Å². The van der Waals surface area contributed by atoms with Crippen molar-refractivity contribution >= 4 is 22.6 Å². The summed E-state index contributed by atoms with van der Waals surface area (Å²) < 4.78 is 1.64. The quantitative estimate of drug-likeness (QED) is 0.725. The van der Waals surface area contributed by atoms with E-state index >= 15 is 0 Å². The minimum atomic E-state index is -0.107. The van der Waals surface area contributed by atoms with Gasteiger partial charge in [0.1, 0.15) is 5.52 Å². The van der Waals surface area contributed by atoms with E-state index in [1.54, 1.807) is 37.0 Å². The minimum Gasteiger partial charge on any atom is -0.399 e. The highest BCUT2D eigenvalue weighted by Gasteiger charge is 2.17. The van der Waals surface area contributed by atoms with E-state index in [4.69, 9.17) is 5.73 Å². The first-order valence-corrected chi connectivity index (χ1v) is 6.50. The van der Waals surface area contributed by atoms with Crippen LogP contribution in [0.4, 0.5) is 5.69 Å². The van der Waals surface area contributed by atoms with Gasteiger partial charge in [0, 0.05) is 19.8 Å². The largest absolute Gasteiger partial charge is 0.399 e. The fourth-order valence-electron chi connectivity index (χ4n) is 2.19. The van der Waals surface area contributed by atoms with Crippen molar-refractivity contribution in [2.75, 3.05) is 19.8 Å². The van der Waals surface area contributed by atoms with Crippen molar-refractivity contribution in [3.8, 4) is 5.69 Å². The van der Waals surface area contributed by atoms with Crippen molar-refractivity contribution in [1.29, 1.82) is 0 Å². The molecule has 0 atom stereocenters. The van der Waals surface area contributed by atoms with Gasteiger partial charge in [-0.05, 0) is 30.3 Å². The van der Waals surface area contributed by atoms with Crippen LogP contribution in [0.5, 0.6) is 0 Å². The Labute approximate surface area is 121 Å². The molecule has 1 amide bonds. The number of hydrogen-bond acceptors (Lipinski definition) is 4. The van der Waals surface area contributed by atoms with E-state index in [0.717, 1.165) is 11.0 Å². The summed E-state index contributed by atoms with van der Waals surface area (Å²) in [7, 11) is 3.42. The summed E-state index contributed by atoms with van der Waals surface area (Å²) in [6.45, 7) is 0. The Balaban J connectivity index is 2.26. The summed E-state index contributed by atoms with van der Waals surface area (Å²) in [5.41, 5.74) is 9.19. The van der Waals surface area contributed by atoms with Gasteiger partial charge in [-0.2, -0.15) is 0 Å². The van der Waals surface area contributed by atoms with Gasteiger partial charge in [-0.15, -0.1) is 5.10 Å². The fraction of sp³-hybridized carbons (Fsp3) is 0.133. The molecule has 0 aliphatic rings. The zero-order chi connectivity index (χ0) is 15.0. The van der Waals surface area contributed by atoms with Crippen LogP contribution in [0, 0.1) is 0 Å². The number of nitrogen functional groups attached to an aromatic ring is 1. The maximum Gasteiger partial charge on any atom is 0.255 e. The zero-order valence-electron chi connectivity index (χ0n) is 11.8. The number of carbonyl (C=O) groups is 1. The monoisotopic (exact) mass is 281 g/mol. The Morgan fingerprint density at radius 3 is 2.71 bits per heavy atom. The normalized spacial score (nSPS) is 10.8. The predicted molar refractivity (Wildman–Crippen MR) is 81.3 cm³/mol. The number of nitrogens with two attached hydrogens (primary N) is 1. The number of nitrogens with zero attached hydrogens (tertiary/aromatic N) is 4. The second-order valence-corrected chi connectivity index (χ2v) is 4.97. The maximum absolute atomic E-state index is 12.3. The van der Waals surface area contributed by atoms with E-state index in [1.807, 2.05) is 24.3 Å². The molecule has 6 nitrogen and oxygen atoms in total. The van der Waals surface area contributed by atoms with E-state index in [9.17, 15) is 4.79 Å². The van der Waals surface area contributed by atoms with E-state index in [0.29, 0.717) is 16.9 Å². The standard InChI is InChI=1S/C15H15N5O/c1-19(2)15(21)11-8-7-10(16)9-14(11)20-13-6-4-3-5-12(13)17-18-20/h3-9H,16H2,1-2H3. The molecule has 1 heterocycles. The first-order valence-electron chi connectivity index (χ1n) is 6.50. The lowest BCUT2D eigenvalue weighted by Gasteiger charge is -2.14. The van der Waals surface area contributed by atoms with Crippen molar-refractivity contribution < 1.29 is 4.79 Å². The number of carbonyl (C=O) groups excluding carboxylic acids is 1. The first-order chi connectivity index (χ1) is 10.1. The molecule has 21 heavy (non-hydrogen) atoms. The lowest BCUT2D eigenvalue weighted by atomic mass is 10.1. The molecule has 2 aromatic carbocycles. The molecule has 106 valence electrons. The molecule has 0 aliphatic heterocycles. The summed E-state index contributed by atoms with van der Waals surface area (Å²) in [5, 5.41) is 8.27. The number of benzene rings is 2. The number of para-hydroxylation sites is 1. The molecule has 0 saturated carbocycles. The van der Waals surface area contributed by atoms with Crippen LogP contribution in [0.1, 0.15) is 10.4 Å². The Morgan fingerprint density at radius 1 is 1.19 bits per heavy atom. The third kappa shape index (κ3) is 2.20. The van der Waals surface area contributed by atoms with Crippen LogP contribution in [0.2, 0.25) is 0 Å². The maximum atomic E-state index is 12.3. The van der Waals surface area contributed by atoms with Gasteiger partial charge in [-0.3, -0.25) is 4.79 Å². The van der Waals surface area contributed by atoms with Gasteiger partial charge in [-0.25, -0.2) is 4.68 Å². The van der Waals surface area contributed by atoms with E-state index in [-0.39, 0.29) is 5.91 Å². The molecule has 0 saturated heterocycles. The SMILES string of the molecule is CN(C)C(=O)c1ccc(N)cc1-n1nnc2ccccc21. The number of anilines is 1. The van der Waals surface area contributed by atoms with Gasteiger partial charge in [-0.1, -0.05) is 17.3 Å². The van der Waals surface area contributed by atoms with Gasteiger partial charge >= 0.3 is 0 Å². The summed E-state index contributed by atoms with van der Waals surface area (Å²) >= 11 is 0. The molecule has 6 heteroatoms. The van der Waals surface area contributed by atoms with Crippen LogP contribution in [-0.4, -0.2) is 39.9 Å². The molecule has 0 spiro atoms. The highest BCUT2D eigenvalue weighted by molar-refractivity contribution is 5.98. The van der Waals surface area contributed by atoms with Crippen molar-refractivity contribution in [3.63, 3.8) is 0 Å². The van der Waals surface area contributed by atoms with Crippen molar-refractivity contribution in [2.24, 2.45) is 0 Å². The predicted octanol–water partition coefficient (Wildman–Crippen LogP) is 1.70. The molecule has 0 fully saturated rings. The Kier molecular flexibility index (Phi) is 3.06. The molecular weight excluding hydrogens is 266 g/mol. The Hall–Kier alpha value is -2.89. The molecule has 1 aromatic heterocycles. The smallest absolute Gasteiger partial charge is 0.255 e. The number of rotatable bonds is 2. The van der Waals surface area contributed by atoms with E-state index in [1.165, 1.54) is 4.90 Å². The Morgan fingerprint density at radius 2 is 1.95 bits per heavy atom. The summed E-state index contributed by atoms with van der Waals surface area (Å²) in [6.07, 6.45) is 0. The molecule has 3 rings (SSSR count). The zero-order valence-corrected chi connectivity index (χ0v) is 11.8. The molecule has 0 unspecified atom stereocenters. The fourth-order valence-corrected chi connectivity index (χ4v) is 2.19. The number of amides is 1. The average molecular weight is 281 g/mol. The van der Waals surface area contributed by atoms with E-state index < -0.39 is 0 Å². The summed E-state index contributed by atoms with van der Waals surface area (Å²) in [4.78, 5) is 13.9. The first kappa shape index (κ1) is 13.1. The van der Waals surface area contributed by atoms with Crippen LogP contribution < -0.4 is 5.73 Å². The Bertz CT molecular complexity index is 822.